The van der Waals surface area contributed by atoms with E-state index in [9.17, 15) is 0 Å². The predicted molar refractivity (Wildman–Crippen MR) is 113 cm³/mol. The lowest BCUT2D eigenvalue weighted by molar-refractivity contribution is 0.808. The highest BCUT2D eigenvalue weighted by atomic mass is 15.0. The first-order chi connectivity index (χ1) is 13.7. The molecular weight excluding hydrogens is 348 g/mol. The number of aromatic nitrogens is 4. The highest BCUT2D eigenvalue weighted by Gasteiger charge is 2.11. The third kappa shape index (κ3) is 2.72. The highest BCUT2D eigenvalue weighted by molar-refractivity contribution is 6.10. The van der Waals surface area contributed by atoms with Crippen LogP contribution in [-0.2, 0) is 6.54 Å². The zero-order valence-corrected chi connectivity index (χ0v) is 15.1. The van der Waals surface area contributed by atoms with E-state index in [4.69, 9.17) is 11.5 Å². The van der Waals surface area contributed by atoms with Crippen molar-refractivity contribution in [3.63, 3.8) is 0 Å². The SMILES string of the molecule is Nc1nc(N)c2c(ccc3c2ccn3Cc2ccc(-c3ccccc3)cn2)n1. The minimum Gasteiger partial charge on any atom is -0.383 e. The molecule has 0 spiro atoms. The van der Waals surface area contributed by atoms with Crippen LogP contribution in [-0.4, -0.2) is 19.5 Å². The maximum atomic E-state index is 6.10. The Morgan fingerprint density at radius 3 is 2.46 bits per heavy atom. The molecule has 28 heavy (non-hydrogen) atoms. The molecule has 0 unspecified atom stereocenters. The summed E-state index contributed by atoms with van der Waals surface area (Å²) in [4.78, 5) is 13.0. The van der Waals surface area contributed by atoms with E-state index < -0.39 is 0 Å². The summed E-state index contributed by atoms with van der Waals surface area (Å²) in [5.41, 5.74) is 16.9. The molecular formula is C22H18N6. The van der Waals surface area contributed by atoms with Crippen molar-refractivity contribution in [3.05, 3.63) is 78.8 Å². The second kappa shape index (κ2) is 6.35. The van der Waals surface area contributed by atoms with Gasteiger partial charge < -0.3 is 16.0 Å². The minimum atomic E-state index is 0.187. The summed E-state index contributed by atoms with van der Waals surface area (Å²) >= 11 is 0. The van der Waals surface area contributed by atoms with Crippen LogP contribution in [0.15, 0.2) is 73.1 Å². The van der Waals surface area contributed by atoms with Gasteiger partial charge in [0.15, 0.2) is 0 Å². The van der Waals surface area contributed by atoms with Crippen LogP contribution in [0.3, 0.4) is 0 Å². The molecule has 0 fully saturated rings. The third-order valence-corrected chi connectivity index (χ3v) is 4.92. The van der Waals surface area contributed by atoms with Crippen LogP contribution in [0.5, 0.6) is 0 Å². The Morgan fingerprint density at radius 2 is 1.68 bits per heavy atom. The summed E-state index contributed by atoms with van der Waals surface area (Å²) in [6.07, 6.45) is 3.95. The van der Waals surface area contributed by atoms with E-state index in [2.05, 4.69) is 43.8 Å². The Hall–Kier alpha value is -3.93. The number of anilines is 2. The molecule has 3 aromatic heterocycles. The van der Waals surface area contributed by atoms with Gasteiger partial charge >= 0.3 is 0 Å². The molecule has 0 bridgehead atoms. The summed E-state index contributed by atoms with van der Waals surface area (Å²) in [6.45, 7) is 0.666. The quantitative estimate of drug-likeness (QED) is 0.505. The van der Waals surface area contributed by atoms with Crippen molar-refractivity contribution in [1.29, 1.82) is 0 Å². The zero-order valence-electron chi connectivity index (χ0n) is 15.1. The van der Waals surface area contributed by atoms with E-state index in [1.54, 1.807) is 0 Å². The average Bonchev–Trinajstić information content (AvgIpc) is 3.11. The van der Waals surface area contributed by atoms with E-state index in [0.29, 0.717) is 12.4 Å². The first-order valence-electron chi connectivity index (χ1n) is 9.00. The van der Waals surface area contributed by atoms with Gasteiger partial charge in [-0.25, -0.2) is 4.98 Å². The number of fused-ring (bicyclic) bond motifs is 3. The molecule has 0 aliphatic rings. The molecule has 3 heterocycles. The summed E-state index contributed by atoms with van der Waals surface area (Å²) in [7, 11) is 0. The number of nitrogens with two attached hydrogens (primary N) is 2. The van der Waals surface area contributed by atoms with Gasteiger partial charge in [0.1, 0.15) is 5.82 Å². The van der Waals surface area contributed by atoms with Gasteiger partial charge in [0.2, 0.25) is 5.95 Å². The highest BCUT2D eigenvalue weighted by Crippen LogP contribution is 2.29. The maximum Gasteiger partial charge on any atom is 0.222 e. The third-order valence-electron chi connectivity index (χ3n) is 4.92. The second-order valence-corrected chi connectivity index (χ2v) is 6.71. The van der Waals surface area contributed by atoms with E-state index >= 15 is 0 Å². The Labute approximate surface area is 161 Å². The fraction of sp³-hybridized carbons (Fsp3) is 0.0455. The number of hydrogen-bond donors (Lipinski definition) is 2. The predicted octanol–water partition coefficient (Wildman–Crippen LogP) is 3.86. The first kappa shape index (κ1) is 16.3. The van der Waals surface area contributed by atoms with E-state index in [-0.39, 0.29) is 5.95 Å². The van der Waals surface area contributed by atoms with Crippen LogP contribution in [0.1, 0.15) is 5.69 Å². The molecule has 136 valence electrons. The Balaban J connectivity index is 1.51. The smallest absolute Gasteiger partial charge is 0.222 e. The molecule has 5 rings (SSSR count). The summed E-state index contributed by atoms with van der Waals surface area (Å²) in [5, 5.41) is 1.84. The summed E-state index contributed by atoms with van der Waals surface area (Å²) in [5.74, 6) is 0.586. The Bertz CT molecular complexity index is 1290. The van der Waals surface area contributed by atoms with Crippen LogP contribution >= 0.6 is 0 Å². The van der Waals surface area contributed by atoms with Crippen LogP contribution in [0, 0.1) is 0 Å². The van der Waals surface area contributed by atoms with E-state index in [1.807, 2.05) is 48.8 Å². The molecule has 0 radical (unpaired) electrons. The molecule has 0 saturated heterocycles. The number of hydrogen-bond acceptors (Lipinski definition) is 5. The molecule has 6 nitrogen and oxygen atoms in total. The molecule has 2 aromatic carbocycles. The summed E-state index contributed by atoms with van der Waals surface area (Å²) in [6, 6.07) is 20.4. The number of rotatable bonds is 3. The van der Waals surface area contributed by atoms with Crippen molar-refractivity contribution in [2.75, 3.05) is 11.5 Å². The van der Waals surface area contributed by atoms with E-state index in [1.165, 1.54) is 0 Å². The number of pyridine rings is 1. The van der Waals surface area contributed by atoms with Gasteiger partial charge in [0.05, 0.1) is 23.1 Å². The molecule has 5 aromatic rings. The van der Waals surface area contributed by atoms with Crippen LogP contribution in [0.2, 0.25) is 0 Å². The Kier molecular flexibility index (Phi) is 3.69. The largest absolute Gasteiger partial charge is 0.383 e. The molecule has 4 N–H and O–H groups in total. The first-order valence-corrected chi connectivity index (χ1v) is 9.00. The van der Waals surface area contributed by atoms with Gasteiger partial charge in [0, 0.05) is 28.9 Å². The van der Waals surface area contributed by atoms with Gasteiger partial charge in [-0.1, -0.05) is 36.4 Å². The van der Waals surface area contributed by atoms with Gasteiger partial charge in [-0.15, -0.1) is 0 Å². The molecule has 6 heteroatoms. The van der Waals surface area contributed by atoms with Crippen LogP contribution < -0.4 is 11.5 Å². The van der Waals surface area contributed by atoms with Crippen molar-refractivity contribution in [2.24, 2.45) is 0 Å². The monoisotopic (exact) mass is 366 g/mol. The normalized spacial score (nSPS) is 11.3. The zero-order chi connectivity index (χ0) is 19.1. The Morgan fingerprint density at radius 1 is 0.821 bits per heavy atom. The molecule has 0 aliphatic carbocycles. The second-order valence-electron chi connectivity index (χ2n) is 6.71. The standard InChI is InChI=1S/C22H18N6/c23-21-20-17-10-11-28(19(17)9-8-18(20)26-22(24)27-21)13-16-7-6-15(12-25-16)14-4-2-1-3-5-14/h1-12H,13H2,(H4,23,24,26,27). The van der Waals surface area contributed by atoms with Crippen molar-refractivity contribution in [3.8, 4) is 11.1 Å². The fourth-order valence-corrected chi connectivity index (χ4v) is 3.58. The van der Waals surface area contributed by atoms with Gasteiger partial charge in [0.25, 0.3) is 0 Å². The number of nitrogens with zero attached hydrogens (tertiary/aromatic N) is 4. The van der Waals surface area contributed by atoms with Crippen LogP contribution in [0.4, 0.5) is 11.8 Å². The molecule has 0 saturated carbocycles. The topological polar surface area (TPSA) is 95.6 Å². The van der Waals surface area contributed by atoms with Gasteiger partial charge in [-0.2, -0.15) is 4.98 Å². The lowest BCUT2D eigenvalue weighted by Gasteiger charge is -2.08. The van der Waals surface area contributed by atoms with Gasteiger partial charge in [-0.3, -0.25) is 4.98 Å². The lowest BCUT2D eigenvalue weighted by Crippen LogP contribution is -2.02. The summed E-state index contributed by atoms with van der Waals surface area (Å²) < 4.78 is 2.15. The van der Waals surface area contributed by atoms with Crippen molar-refractivity contribution >= 4 is 33.6 Å². The van der Waals surface area contributed by atoms with Crippen molar-refractivity contribution in [2.45, 2.75) is 6.54 Å². The minimum absolute atomic E-state index is 0.187. The molecule has 0 atom stereocenters. The average molecular weight is 366 g/mol. The fourth-order valence-electron chi connectivity index (χ4n) is 3.58. The number of benzene rings is 2. The number of nitrogen functional groups attached to an aromatic ring is 2. The van der Waals surface area contributed by atoms with Crippen molar-refractivity contribution in [1.82, 2.24) is 19.5 Å². The van der Waals surface area contributed by atoms with E-state index in [0.717, 1.165) is 38.6 Å². The van der Waals surface area contributed by atoms with Crippen LogP contribution in [0.25, 0.3) is 32.9 Å². The molecule has 0 amide bonds. The maximum absolute atomic E-state index is 6.10. The van der Waals surface area contributed by atoms with Gasteiger partial charge in [-0.05, 0) is 29.8 Å². The lowest BCUT2D eigenvalue weighted by atomic mass is 10.1. The molecule has 0 aliphatic heterocycles. The van der Waals surface area contributed by atoms with Crippen molar-refractivity contribution < 1.29 is 0 Å².